The van der Waals surface area contributed by atoms with Gasteiger partial charge in [0.25, 0.3) is 5.56 Å². The van der Waals surface area contributed by atoms with Crippen molar-refractivity contribution in [3.63, 3.8) is 0 Å². The number of hydrogen-bond donors (Lipinski definition) is 0. The summed E-state index contributed by atoms with van der Waals surface area (Å²) in [4.78, 5) is 42.7. The first-order chi connectivity index (χ1) is 14.3. The average molecular weight is 409 g/mol. The molecule has 0 aliphatic heterocycles. The molecule has 30 heavy (non-hydrogen) atoms. The van der Waals surface area contributed by atoms with E-state index in [0.717, 1.165) is 16.8 Å². The third kappa shape index (κ3) is 3.12. The van der Waals surface area contributed by atoms with E-state index in [9.17, 15) is 14.4 Å². The molecule has 3 aromatic heterocycles. The van der Waals surface area contributed by atoms with Gasteiger partial charge in [-0.3, -0.25) is 23.1 Å². The van der Waals surface area contributed by atoms with Gasteiger partial charge in [0.05, 0.1) is 13.2 Å². The molecule has 9 nitrogen and oxygen atoms in total. The van der Waals surface area contributed by atoms with Crippen LogP contribution in [0, 0.1) is 13.8 Å². The van der Waals surface area contributed by atoms with Gasteiger partial charge in [-0.25, -0.2) is 4.79 Å². The maximum absolute atomic E-state index is 13.3. The number of aromatic nitrogens is 5. The Labute approximate surface area is 171 Å². The number of imidazole rings is 2. The smallest absolute Gasteiger partial charge is 0.332 e. The first kappa shape index (κ1) is 19.7. The number of benzene rings is 1. The lowest BCUT2D eigenvalue weighted by atomic mass is 10.1. The summed E-state index contributed by atoms with van der Waals surface area (Å²) >= 11 is 0. The molecule has 3 heterocycles. The van der Waals surface area contributed by atoms with Crippen LogP contribution in [0.1, 0.15) is 23.7 Å². The molecule has 0 saturated heterocycles. The fraction of sp³-hybridized carbons (Fsp3) is 0.333. The number of esters is 1. The number of ether oxygens (including phenoxy) is 1. The third-order valence-corrected chi connectivity index (χ3v) is 5.19. The lowest BCUT2D eigenvalue weighted by Gasteiger charge is -2.08. The van der Waals surface area contributed by atoms with E-state index < -0.39 is 17.2 Å². The van der Waals surface area contributed by atoms with Crippen LogP contribution >= 0.6 is 0 Å². The zero-order valence-corrected chi connectivity index (χ0v) is 17.4. The first-order valence-corrected chi connectivity index (χ1v) is 9.70. The van der Waals surface area contributed by atoms with E-state index in [1.807, 2.05) is 38.1 Å². The highest BCUT2D eigenvalue weighted by Crippen LogP contribution is 2.16. The molecule has 0 aliphatic rings. The van der Waals surface area contributed by atoms with E-state index in [0.29, 0.717) is 11.3 Å². The van der Waals surface area contributed by atoms with Crippen molar-refractivity contribution < 1.29 is 9.53 Å². The zero-order valence-electron chi connectivity index (χ0n) is 17.4. The normalized spacial score (nSPS) is 11.5. The van der Waals surface area contributed by atoms with E-state index >= 15 is 0 Å². The second kappa shape index (κ2) is 7.33. The fourth-order valence-electron chi connectivity index (χ4n) is 3.60. The molecule has 4 aromatic rings. The minimum absolute atomic E-state index is 0.0228. The van der Waals surface area contributed by atoms with Crippen molar-refractivity contribution in [3.8, 4) is 0 Å². The van der Waals surface area contributed by atoms with Gasteiger partial charge in [-0.05, 0) is 26.3 Å². The number of carbonyl (C=O) groups excluding carboxylic acids is 1. The molecule has 156 valence electrons. The van der Waals surface area contributed by atoms with Gasteiger partial charge in [-0.1, -0.05) is 29.8 Å². The highest BCUT2D eigenvalue weighted by molar-refractivity contribution is 5.77. The molecule has 0 saturated carbocycles. The zero-order chi connectivity index (χ0) is 21.6. The summed E-state index contributed by atoms with van der Waals surface area (Å²) in [6.45, 7) is 5.97. The van der Waals surface area contributed by atoms with Crippen LogP contribution in [0.5, 0.6) is 0 Å². The van der Waals surface area contributed by atoms with Gasteiger partial charge in [0.1, 0.15) is 6.54 Å². The summed E-state index contributed by atoms with van der Waals surface area (Å²) in [5.74, 6) is 0.0205. The van der Waals surface area contributed by atoms with Crippen LogP contribution in [-0.4, -0.2) is 35.7 Å². The van der Waals surface area contributed by atoms with Crippen LogP contribution in [0.15, 0.2) is 40.1 Å². The molecule has 0 bridgehead atoms. The summed E-state index contributed by atoms with van der Waals surface area (Å²) in [7, 11) is 1.59. The number of aryl methyl sites for hydroxylation is 3. The van der Waals surface area contributed by atoms with E-state index in [4.69, 9.17) is 4.74 Å². The van der Waals surface area contributed by atoms with Crippen LogP contribution in [0.3, 0.4) is 0 Å². The maximum atomic E-state index is 13.3. The van der Waals surface area contributed by atoms with Crippen molar-refractivity contribution in [2.75, 3.05) is 6.61 Å². The molecule has 0 unspecified atom stereocenters. The monoisotopic (exact) mass is 409 g/mol. The van der Waals surface area contributed by atoms with Gasteiger partial charge in [0.15, 0.2) is 11.2 Å². The van der Waals surface area contributed by atoms with Crippen LogP contribution < -0.4 is 11.2 Å². The third-order valence-electron chi connectivity index (χ3n) is 5.19. The predicted molar refractivity (Wildman–Crippen MR) is 112 cm³/mol. The summed E-state index contributed by atoms with van der Waals surface area (Å²) in [6.07, 6.45) is 1.74. The summed E-state index contributed by atoms with van der Waals surface area (Å²) in [6, 6.07) is 7.69. The summed E-state index contributed by atoms with van der Waals surface area (Å²) in [5, 5.41) is 0. The van der Waals surface area contributed by atoms with Crippen LogP contribution in [-0.2, 0) is 29.7 Å². The Morgan fingerprint density at radius 2 is 1.80 bits per heavy atom. The first-order valence-electron chi connectivity index (χ1n) is 9.70. The number of rotatable bonds is 5. The Hall–Kier alpha value is -3.62. The lowest BCUT2D eigenvalue weighted by Crippen LogP contribution is -2.39. The molecule has 4 rings (SSSR count). The van der Waals surface area contributed by atoms with Crippen molar-refractivity contribution in [2.24, 2.45) is 7.05 Å². The van der Waals surface area contributed by atoms with E-state index in [-0.39, 0.29) is 25.3 Å². The molecule has 0 radical (unpaired) electrons. The van der Waals surface area contributed by atoms with Crippen molar-refractivity contribution >= 4 is 22.9 Å². The molecule has 1 aromatic carbocycles. The van der Waals surface area contributed by atoms with Gasteiger partial charge < -0.3 is 9.30 Å². The molecule has 0 spiro atoms. The molecule has 0 aliphatic carbocycles. The Kier molecular flexibility index (Phi) is 4.81. The second-order valence-electron chi connectivity index (χ2n) is 7.33. The van der Waals surface area contributed by atoms with Crippen molar-refractivity contribution in [3.05, 3.63) is 68.1 Å². The van der Waals surface area contributed by atoms with E-state index in [2.05, 4.69) is 4.98 Å². The molecular formula is C21H23N5O4. The van der Waals surface area contributed by atoms with E-state index in [1.54, 1.807) is 29.1 Å². The number of hydrogen-bond acceptors (Lipinski definition) is 5. The van der Waals surface area contributed by atoms with Crippen LogP contribution in [0.4, 0.5) is 0 Å². The lowest BCUT2D eigenvalue weighted by molar-refractivity contribution is -0.143. The van der Waals surface area contributed by atoms with Crippen molar-refractivity contribution in [2.45, 2.75) is 33.9 Å². The standard InChI is InChI=1S/C21H23N5O4/c1-5-30-16(27)12-24-14(3)10-25-17-18(22-20(24)25)23(4)21(29)26(19(17)28)11-15-8-6-13(2)7-9-15/h6-10H,5,11-12H2,1-4H3. The minimum Gasteiger partial charge on any atom is -0.465 e. The molecule has 0 fully saturated rings. The van der Waals surface area contributed by atoms with Gasteiger partial charge >= 0.3 is 11.7 Å². The molecule has 0 atom stereocenters. The Morgan fingerprint density at radius 3 is 2.47 bits per heavy atom. The molecule has 0 amide bonds. The van der Waals surface area contributed by atoms with Gasteiger partial charge in [0, 0.05) is 18.9 Å². The Balaban J connectivity index is 1.91. The second-order valence-corrected chi connectivity index (χ2v) is 7.33. The largest absolute Gasteiger partial charge is 0.465 e. The van der Waals surface area contributed by atoms with E-state index in [1.165, 1.54) is 9.13 Å². The molecule has 0 N–H and O–H groups in total. The van der Waals surface area contributed by atoms with Crippen LogP contribution in [0.2, 0.25) is 0 Å². The predicted octanol–water partition coefficient (Wildman–Crippen LogP) is 1.38. The number of fused-ring (bicyclic) bond motifs is 3. The average Bonchev–Trinajstić information content (AvgIpc) is 3.21. The van der Waals surface area contributed by atoms with Gasteiger partial charge in [-0.15, -0.1) is 0 Å². The SMILES string of the molecule is CCOC(=O)Cn1c(C)cn2c3c(=O)n(Cc4ccc(C)cc4)c(=O)n(C)c3nc12. The number of carbonyl (C=O) groups is 1. The highest BCUT2D eigenvalue weighted by atomic mass is 16.5. The van der Waals surface area contributed by atoms with Crippen molar-refractivity contribution in [1.82, 2.24) is 23.1 Å². The Morgan fingerprint density at radius 1 is 1.10 bits per heavy atom. The minimum atomic E-state index is -0.442. The highest BCUT2D eigenvalue weighted by Gasteiger charge is 2.21. The Bertz CT molecular complexity index is 1390. The maximum Gasteiger partial charge on any atom is 0.332 e. The summed E-state index contributed by atoms with van der Waals surface area (Å²) in [5.41, 5.74) is 2.42. The van der Waals surface area contributed by atoms with Crippen LogP contribution in [0.25, 0.3) is 16.9 Å². The summed E-state index contributed by atoms with van der Waals surface area (Å²) < 4.78 is 10.9. The molecular weight excluding hydrogens is 386 g/mol. The quantitative estimate of drug-likeness (QED) is 0.464. The number of nitrogens with zero attached hydrogens (tertiary/aromatic N) is 5. The fourth-order valence-corrected chi connectivity index (χ4v) is 3.60. The van der Waals surface area contributed by atoms with Gasteiger partial charge in [-0.2, -0.15) is 4.98 Å². The van der Waals surface area contributed by atoms with Crippen molar-refractivity contribution in [1.29, 1.82) is 0 Å². The topological polar surface area (TPSA) is 92.5 Å². The van der Waals surface area contributed by atoms with Gasteiger partial charge in [0.2, 0.25) is 5.78 Å². The molecule has 9 heteroatoms.